The van der Waals surface area contributed by atoms with E-state index in [9.17, 15) is 14.9 Å². The van der Waals surface area contributed by atoms with Gasteiger partial charge in [0.05, 0.1) is 39.8 Å². The molecule has 3 aromatic heterocycles. The quantitative estimate of drug-likeness (QED) is 0.247. The van der Waals surface area contributed by atoms with Crippen LogP contribution in [-0.2, 0) is 11.3 Å². The van der Waals surface area contributed by atoms with Crippen molar-refractivity contribution in [2.45, 2.75) is 102 Å². The standard InChI is InChI=1S/C38H41FN8O2/c1-20(42-36(49)38-16-37(17-38,18-38)19-40)29-9-5-23-13-31(46(33(23)43-29)14-21-2-3-21)34-44-30-12-24(11-27(39)32(30)47(34)25-7-8-25)35(48)45-15-28(41)22-4-6-26(45)10-22/h5,9,11-13,20-22,25-26,28H,2-4,6-8,10,14-18,41H2,1H3,(H,42,49)/t20-,22+,26-,28+,37?,38?/m1/s1. The van der Waals surface area contributed by atoms with E-state index in [1.54, 1.807) is 6.07 Å². The topological polar surface area (TPSA) is 135 Å². The summed E-state index contributed by atoms with van der Waals surface area (Å²) < 4.78 is 20.5. The maximum atomic E-state index is 16.2. The molecule has 1 aromatic carbocycles. The third kappa shape index (κ3) is 4.45. The van der Waals surface area contributed by atoms with Gasteiger partial charge < -0.3 is 25.1 Å². The van der Waals surface area contributed by atoms with E-state index in [0.717, 1.165) is 73.9 Å². The van der Waals surface area contributed by atoms with Crippen molar-refractivity contribution in [3.05, 3.63) is 47.4 Å². The van der Waals surface area contributed by atoms with Gasteiger partial charge in [-0.2, -0.15) is 5.26 Å². The number of nitrogens with two attached hydrogens (primary N) is 1. The van der Waals surface area contributed by atoms with Gasteiger partial charge in [0, 0.05) is 42.2 Å². The van der Waals surface area contributed by atoms with Crippen LogP contribution in [0.1, 0.15) is 99.3 Å². The van der Waals surface area contributed by atoms with Gasteiger partial charge in [-0.05, 0) is 113 Å². The lowest BCUT2D eigenvalue weighted by Gasteiger charge is -2.65. The summed E-state index contributed by atoms with van der Waals surface area (Å²) in [6.07, 6.45) is 9.08. The van der Waals surface area contributed by atoms with Crippen molar-refractivity contribution < 1.29 is 14.0 Å². The molecule has 7 aliphatic rings. The number of amides is 2. The minimum absolute atomic E-state index is 0.0154. The first-order valence-electron chi connectivity index (χ1n) is 18.2. The first kappa shape index (κ1) is 29.6. The van der Waals surface area contributed by atoms with Crippen LogP contribution in [-0.4, -0.2) is 54.4 Å². The average molecular weight is 661 g/mol. The number of imidazole rings is 1. The second-order valence-electron chi connectivity index (χ2n) is 16.3. The number of aromatic nitrogens is 4. The lowest BCUT2D eigenvalue weighted by Crippen LogP contribution is -2.67. The van der Waals surface area contributed by atoms with Crippen LogP contribution in [0.25, 0.3) is 33.6 Å². The lowest BCUT2D eigenvalue weighted by molar-refractivity contribution is -0.185. The Morgan fingerprint density at radius 1 is 1.08 bits per heavy atom. The van der Waals surface area contributed by atoms with Crippen LogP contribution in [0.5, 0.6) is 0 Å². The number of fused-ring (bicyclic) bond motifs is 4. The Hall–Kier alpha value is -4.30. The van der Waals surface area contributed by atoms with Crippen LogP contribution >= 0.6 is 0 Å². The maximum absolute atomic E-state index is 16.2. The molecule has 4 atom stereocenters. The molecule has 49 heavy (non-hydrogen) atoms. The van der Waals surface area contributed by atoms with E-state index in [-0.39, 0.29) is 41.4 Å². The number of carbonyl (C=O) groups is 2. The van der Waals surface area contributed by atoms with Crippen molar-refractivity contribution in [1.82, 2.24) is 29.3 Å². The Bertz CT molecular complexity index is 2120. The van der Waals surface area contributed by atoms with Crippen LogP contribution in [0.15, 0.2) is 30.3 Å². The van der Waals surface area contributed by atoms with Gasteiger partial charge in [0.1, 0.15) is 17.0 Å². The molecule has 0 radical (unpaired) electrons. The minimum atomic E-state index is -0.420. The number of rotatable bonds is 8. The molecular formula is C38H41FN8O2. The van der Waals surface area contributed by atoms with E-state index in [0.29, 0.717) is 60.1 Å². The van der Waals surface area contributed by atoms with Gasteiger partial charge in [0.15, 0.2) is 5.82 Å². The summed E-state index contributed by atoms with van der Waals surface area (Å²) in [5.74, 6) is 1.15. The van der Waals surface area contributed by atoms with Crippen LogP contribution in [0, 0.1) is 39.8 Å². The van der Waals surface area contributed by atoms with Gasteiger partial charge >= 0.3 is 0 Å². The molecule has 1 aliphatic heterocycles. The normalized spacial score (nSPS) is 30.6. The van der Waals surface area contributed by atoms with E-state index in [2.05, 4.69) is 32.7 Å². The molecule has 4 bridgehead atoms. The van der Waals surface area contributed by atoms with Gasteiger partial charge in [-0.15, -0.1) is 0 Å². The van der Waals surface area contributed by atoms with E-state index < -0.39 is 11.2 Å². The highest BCUT2D eigenvalue weighted by atomic mass is 19.1. The van der Waals surface area contributed by atoms with Crippen molar-refractivity contribution in [2.24, 2.45) is 28.4 Å². The van der Waals surface area contributed by atoms with Crippen molar-refractivity contribution in [3.63, 3.8) is 0 Å². The molecule has 0 spiro atoms. The van der Waals surface area contributed by atoms with Gasteiger partial charge in [-0.1, -0.05) is 0 Å². The van der Waals surface area contributed by atoms with Crippen LogP contribution < -0.4 is 11.1 Å². The molecule has 2 amide bonds. The number of piperidine rings is 1. The Morgan fingerprint density at radius 2 is 1.86 bits per heavy atom. The molecule has 10 nitrogen and oxygen atoms in total. The summed E-state index contributed by atoms with van der Waals surface area (Å²) in [6.45, 7) is 3.26. The molecule has 7 fully saturated rings. The van der Waals surface area contributed by atoms with Crippen molar-refractivity contribution >= 4 is 33.9 Å². The summed E-state index contributed by atoms with van der Waals surface area (Å²) in [4.78, 5) is 39.1. The van der Waals surface area contributed by atoms with Crippen LogP contribution in [0.3, 0.4) is 0 Å². The largest absolute Gasteiger partial charge is 0.348 e. The monoisotopic (exact) mass is 660 g/mol. The van der Waals surface area contributed by atoms with Gasteiger partial charge in [-0.3, -0.25) is 9.59 Å². The Morgan fingerprint density at radius 3 is 2.59 bits per heavy atom. The number of pyridine rings is 1. The van der Waals surface area contributed by atoms with Crippen LogP contribution in [0.2, 0.25) is 0 Å². The molecule has 11 rings (SSSR count). The summed E-state index contributed by atoms with van der Waals surface area (Å²) in [7, 11) is 0. The predicted octanol–water partition coefficient (Wildman–Crippen LogP) is 5.76. The molecule has 6 aliphatic carbocycles. The van der Waals surface area contributed by atoms with E-state index >= 15 is 4.39 Å². The second-order valence-corrected chi connectivity index (χ2v) is 16.3. The molecule has 252 valence electrons. The third-order valence-corrected chi connectivity index (χ3v) is 12.7. The highest BCUT2D eigenvalue weighted by Gasteiger charge is 2.72. The number of nitriles is 1. The maximum Gasteiger partial charge on any atom is 0.254 e. The van der Waals surface area contributed by atoms with Gasteiger partial charge in [0.2, 0.25) is 5.91 Å². The van der Waals surface area contributed by atoms with Crippen molar-refractivity contribution in [2.75, 3.05) is 6.54 Å². The molecule has 4 heterocycles. The third-order valence-electron chi connectivity index (χ3n) is 12.7. The van der Waals surface area contributed by atoms with Gasteiger partial charge in [0.25, 0.3) is 5.91 Å². The van der Waals surface area contributed by atoms with Crippen molar-refractivity contribution in [1.29, 1.82) is 5.26 Å². The van der Waals surface area contributed by atoms with Crippen molar-refractivity contribution in [3.8, 4) is 17.6 Å². The van der Waals surface area contributed by atoms with E-state index in [1.165, 1.54) is 6.07 Å². The zero-order valence-corrected chi connectivity index (χ0v) is 27.8. The van der Waals surface area contributed by atoms with E-state index in [1.807, 2.05) is 17.9 Å². The lowest BCUT2D eigenvalue weighted by atomic mass is 9.35. The van der Waals surface area contributed by atoms with Gasteiger partial charge in [-0.25, -0.2) is 14.4 Å². The number of nitrogens with one attached hydrogen (secondary N) is 1. The zero-order valence-electron chi connectivity index (χ0n) is 27.8. The molecular weight excluding hydrogens is 619 g/mol. The Balaban J connectivity index is 1.02. The molecule has 4 aromatic rings. The second kappa shape index (κ2) is 10.1. The SMILES string of the molecule is C[C@@H](NC(=O)C12CC(C#N)(C1)C2)c1ccc2cc(-c3nc4cc(C(=O)N5C[C@H](N)[C@H]6CC[C@@H]5C6)cc(F)c4n3C3CC3)n(CC3CC3)c2n1. The number of hydrogen-bond donors (Lipinski definition) is 2. The summed E-state index contributed by atoms with van der Waals surface area (Å²) in [5.41, 5.74) is 9.52. The number of benzene rings is 1. The molecule has 3 N–H and O–H groups in total. The Labute approximate surface area is 283 Å². The van der Waals surface area contributed by atoms with Crippen LogP contribution in [0.4, 0.5) is 4.39 Å². The molecule has 0 unspecified atom stereocenters. The fraction of sp³-hybridized carbons (Fsp3) is 0.553. The summed E-state index contributed by atoms with van der Waals surface area (Å²) >= 11 is 0. The first-order valence-corrected chi connectivity index (χ1v) is 18.2. The number of halogens is 1. The average Bonchev–Trinajstić information content (AvgIpc) is 3.95. The number of likely N-dealkylation sites (tertiary alicyclic amines) is 1. The first-order chi connectivity index (χ1) is 23.6. The minimum Gasteiger partial charge on any atom is -0.348 e. The number of hydrogen-bond acceptors (Lipinski definition) is 6. The highest BCUT2D eigenvalue weighted by molar-refractivity contribution is 5.98. The molecule has 1 saturated heterocycles. The highest BCUT2D eigenvalue weighted by Crippen LogP contribution is 2.73. The molecule has 11 heteroatoms. The summed E-state index contributed by atoms with van der Waals surface area (Å²) in [5, 5.41) is 13.5. The smallest absolute Gasteiger partial charge is 0.254 e. The fourth-order valence-corrected chi connectivity index (χ4v) is 9.66. The number of carbonyl (C=O) groups excluding carboxylic acids is 2. The predicted molar refractivity (Wildman–Crippen MR) is 180 cm³/mol. The Kier molecular flexibility index (Phi) is 6.12. The number of nitrogens with zero attached hydrogens (tertiary/aromatic N) is 6. The zero-order chi connectivity index (χ0) is 33.4. The summed E-state index contributed by atoms with van der Waals surface area (Å²) in [6, 6.07) is 11.7. The molecule has 6 saturated carbocycles. The fourth-order valence-electron chi connectivity index (χ4n) is 9.66. The van der Waals surface area contributed by atoms with E-state index in [4.69, 9.17) is 15.7 Å².